The van der Waals surface area contributed by atoms with E-state index in [-0.39, 0.29) is 5.91 Å². The van der Waals surface area contributed by atoms with Gasteiger partial charge in [0, 0.05) is 11.5 Å². The van der Waals surface area contributed by atoms with Crippen LogP contribution in [0.15, 0.2) is 12.4 Å². The van der Waals surface area contributed by atoms with E-state index in [0.29, 0.717) is 10.7 Å². The minimum atomic E-state index is -0.292. The first-order valence-electron chi connectivity index (χ1n) is 3.22. The molecular formula is C5H3N5OS2. The number of nitrogens with one attached hydrogen (secondary N) is 1. The highest BCUT2D eigenvalue weighted by atomic mass is 32.1. The molecule has 2 aromatic rings. The second kappa shape index (κ2) is 3.54. The van der Waals surface area contributed by atoms with Gasteiger partial charge in [-0.15, -0.1) is 5.10 Å². The van der Waals surface area contributed by atoms with E-state index < -0.39 is 0 Å². The van der Waals surface area contributed by atoms with Crippen molar-refractivity contribution in [1.29, 1.82) is 0 Å². The molecule has 13 heavy (non-hydrogen) atoms. The summed E-state index contributed by atoms with van der Waals surface area (Å²) in [5.74, 6) is -0.292. The van der Waals surface area contributed by atoms with Gasteiger partial charge in [0.15, 0.2) is 5.69 Å². The quantitative estimate of drug-likeness (QED) is 0.791. The van der Waals surface area contributed by atoms with Crippen LogP contribution in [0.3, 0.4) is 0 Å². The molecule has 0 aliphatic heterocycles. The molecule has 2 aromatic heterocycles. The topological polar surface area (TPSA) is 80.7 Å². The first-order valence-corrected chi connectivity index (χ1v) is 4.73. The molecule has 0 spiro atoms. The second-order valence-corrected chi connectivity index (χ2v) is 3.37. The zero-order valence-corrected chi connectivity index (χ0v) is 7.80. The largest absolute Gasteiger partial charge is 0.310 e. The maximum Gasteiger partial charge on any atom is 0.277 e. The number of aromatic nitrogens is 4. The highest BCUT2D eigenvalue weighted by Crippen LogP contribution is 2.10. The molecular weight excluding hydrogens is 210 g/mol. The van der Waals surface area contributed by atoms with Gasteiger partial charge in [0.2, 0.25) is 0 Å². The molecule has 0 saturated heterocycles. The van der Waals surface area contributed by atoms with Crippen molar-refractivity contribution in [2.75, 3.05) is 5.32 Å². The summed E-state index contributed by atoms with van der Waals surface area (Å²) >= 11 is 2.10. The average Bonchev–Trinajstić information content (AvgIpc) is 2.74. The van der Waals surface area contributed by atoms with Crippen LogP contribution in [-0.2, 0) is 0 Å². The first kappa shape index (κ1) is 8.20. The monoisotopic (exact) mass is 213 g/mol. The summed E-state index contributed by atoms with van der Waals surface area (Å²) in [5.41, 5.74) is 0.304. The Morgan fingerprint density at radius 3 is 3.00 bits per heavy atom. The lowest BCUT2D eigenvalue weighted by atomic mass is 10.4. The zero-order chi connectivity index (χ0) is 9.10. The molecule has 6 nitrogen and oxygen atoms in total. The Morgan fingerprint density at radius 1 is 1.46 bits per heavy atom. The van der Waals surface area contributed by atoms with Crippen LogP contribution < -0.4 is 5.32 Å². The summed E-state index contributed by atoms with van der Waals surface area (Å²) < 4.78 is 11.1. The number of amides is 1. The highest BCUT2D eigenvalue weighted by molar-refractivity contribution is 7.10. The average molecular weight is 213 g/mol. The maximum atomic E-state index is 11.3. The summed E-state index contributed by atoms with van der Waals surface area (Å²) in [6.07, 6.45) is 2.89. The lowest BCUT2D eigenvalue weighted by Gasteiger charge is -1.94. The molecule has 1 N–H and O–H groups in total. The SMILES string of the molecule is O=C(Nc1cnns1)c1cnsn1. The molecule has 8 heteroatoms. The molecule has 0 aliphatic rings. The Labute approximate surface area is 81.1 Å². The van der Waals surface area contributed by atoms with Gasteiger partial charge in [-0.2, -0.15) is 8.75 Å². The summed E-state index contributed by atoms with van der Waals surface area (Å²) in [6, 6.07) is 0. The molecule has 0 aromatic carbocycles. The van der Waals surface area contributed by atoms with Crippen molar-refractivity contribution in [2.24, 2.45) is 0 Å². The number of hydrogen-bond donors (Lipinski definition) is 1. The maximum absolute atomic E-state index is 11.3. The van der Waals surface area contributed by atoms with Crippen LogP contribution in [0.1, 0.15) is 10.5 Å². The van der Waals surface area contributed by atoms with E-state index in [1.165, 1.54) is 12.4 Å². The van der Waals surface area contributed by atoms with Crippen LogP contribution in [0, 0.1) is 0 Å². The molecule has 66 valence electrons. The fourth-order valence-electron chi connectivity index (χ4n) is 0.663. The number of nitrogens with zero attached hydrogens (tertiary/aromatic N) is 4. The van der Waals surface area contributed by atoms with E-state index in [1.54, 1.807) is 0 Å². The molecule has 0 radical (unpaired) electrons. The van der Waals surface area contributed by atoms with Gasteiger partial charge in [-0.1, -0.05) is 4.49 Å². The third kappa shape index (κ3) is 1.84. The first-order chi connectivity index (χ1) is 6.36. The van der Waals surface area contributed by atoms with Gasteiger partial charge < -0.3 is 5.32 Å². The van der Waals surface area contributed by atoms with Crippen LogP contribution in [0.5, 0.6) is 0 Å². The van der Waals surface area contributed by atoms with E-state index in [0.717, 1.165) is 23.3 Å². The van der Waals surface area contributed by atoms with Crippen molar-refractivity contribution in [2.45, 2.75) is 0 Å². The minimum Gasteiger partial charge on any atom is -0.310 e. The minimum absolute atomic E-state index is 0.292. The smallest absolute Gasteiger partial charge is 0.277 e. The van der Waals surface area contributed by atoms with Crippen molar-refractivity contribution in [3.63, 3.8) is 0 Å². The van der Waals surface area contributed by atoms with E-state index >= 15 is 0 Å². The van der Waals surface area contributed by atoms with Crippen molar-refractivity contribution >= 4 is 34.2 Å². The number of carbonyl (C=O) groups is 1. The van der Waals surface area contributed by atoms with Crippen molar-refractivity contribution in [3.05, 3.63) is 18.1 Å². The van der Waals surface area contributed by atoms with Crippen LogP contribution in [-0.4, -0.2) is 24.2 Å². The van der Waals surface area contributed by atoms with Crippen molar-refractivity contribution in [3.8, 4) is 0 Å². The van der Waals surface area contributed by atoms with Gasteiger partial charge in [0.1, 0.15) is 5.00 Å². The van der Waals surface area contributed by atoms with Gasteiger partial charge in [-0.25, -0.2) is 0 Å². The Hall–Kier alpha value is -1.41. The third-order valence-corrected chi connectivity index (χ3v) is 2.25. The van der Waals surface area contributed by atoms with E-state index in [1.807, 2.05) is 0 Å². The number of carbonyl (C=O) groups excluding carboxylic acids is 1. The van der Waals surface area contributed by atoms with Gasteiger partial charge in [0.05, 0.1) is 24.1 Å². The normalized spacial score (nSPS) is 9.85. The Morgan fingerprint density at radius 2 is 2.38 bits per heavy atom. The predicted octanol–water partition coefficient (Wildman–Crippen LogP) is 0.642. The highest BCUT2D eigenvalue weighted by Gasteiger charge is 2.09. The zero-order valence-electron chi connectivity index (χ0n) is 6.17. The summed E-state index contributed by atoms with van der Waals surface area (Å²) in [4.78, 5) is 11.3. The Kier molecular flexibility index (Phi) is 2.23. The molecule has 0 aliphatic carbocycles. The van der Waals surface area contributed by atoms with Crippen LogP contribution in [0.25, 0.3) is 0 Å². The molecule has 0 atom stereocenters. The molecule has 0 unspecified atom stereocenters. The third-order valence-electron chi connectivity index (χ3n) is 1.19. The lowest BCUT2D eigenvalue weighted by Crippen LogP contribution is -2.10. The molecule has 0 bridgehead atoms. The van der Waals surface area contributed by atoms with Crippen molar-refractivity contribution < 1.29 is 4.79 Å². The summed E-state index contributed by atoms with van der Waals surface area (Å²) in [6.45, 7) is 0. The van der Waals surface area contributed by atoms with E-state index in [2.05, 4.69) is 23.7 Å². The fraction of sp³-hybridized carbons (Fsp3) is 0. The van der Waals surface area contributed by atoms with Gasteiger partial charge >= 0.3 is 0 Å². The van der Waals surface area contributed by atoms with E-state index in [4.69, 9.17) is 0 Å². The van der Waals surface area contributed by atoms with Gasteiger partial charge in [0.25, 0.3) is 5.91 Å². The fourth-order valence-corrected chi connectivity index (χ4v) is 1.49. The Bertz CT molecular complexity index is 383. The number of anilines is 1. The second-order valence-electron chi connectivity index (χ2n) is 2.03. The molecule has 2 heterocycles. The molecule has 2 rings (SSSR count). The van der Waals surface area contributed by atoms with Crippen LogP contribution in [0.4, 0.5) is 5.00 Å². The number of hydrogen-bond acceptors (Lipinski definition) is 7. The molecule has 1 amide bonds. The summed E-state index contributed by atoms with van der Waals surface area (Å²) in [7, 11) is 0. The van der Waals surface area contributed by atoms with Crippen LogP contribution >= 0.6 is 23.3 Å². The predicted molar refractivity (Wildman–Crippen MR) is 47.8 cm³/mol. The number of rotatable bonds is 2. The Balaban J connectivity index is 2.08. The summed E-state index contributed by atoms with van der Waals surface area (Å²) in [5, 5.41) is 6.76. The van der Waals surface area contributed by atoms with Crippen LogP contribution in [0.2, 0.25) is 0 Å². The standard InChI is InChI=1S/C5H3N5OS2/c11-5(3-1-7-13-9-3)8-4-2-6-10-12-4/h1-2H,(H,8,11). The lowest BCUT2D eigenvalue weighted by molar-refractivity contribution is 0.102. The van der Waals surface area contributed by atoms with Crippen molar-refractivity contribution in [1.82, 2.24) is 18.3 Å². The van der Waals surface area contributed by atoms with E-state index in [9.17, 15) is 4.79 Å². The van der Waals surface area contributed by atoms with Gasteiger partial charge in [-0.3, -0.25) is 4.79 Å². The molecule has 0 fully saturated rings. The molecule has 0 saturated carbocycles. The van der Waals surface area contributed by atoms with Gasteiger partial charge in [-0.05, 0) is 0 Å².